The summed E-state index contributed by atoms with van der Waals surface area (Å²) in [7, 11) is 4.51. The van der Waals surface area contributed by atoms with E-state index in [0.29, 0.717) is 33.7 Å². The number of thiocarbonyl (C=S) groups is 1. The minimum atomic E-state index is -0.428. The van der Waals surface area contributed by atoms with E-state index in [1.165, 1.54) is 33.5 Å². The molecule has 0 saturated carbocycles. The van der Waals surface area contributed by atoms with E-state index in [1.54, 1.807) is 24.4 Å². The van der Waals surface area contributed by atoms with E-state index in [2.05, 4.69) is 15.6 Å². The zero-order valence-corrected chi connectivity index (χ0v) is 25.7. The molecule has 1 saturated heterocycles. The molecule has 0 spiro atoms. The molecule has 2 atom stereocenters. The average molecular weight is 617 g/mol. The predicted octanol–water partition coefficient (Wildman–Crippen LogP) is 5.18. The van der Waals surface area contributed by atoms with Crippen molar-refractivity contribution < 1.29 is 23.9 Å². The number of ether oxygens (including phenoxy) is 3. The number of nitro benzene ring substituents is 1. The van der Waals surface area contributed by atoms with Gasteiger partial charge in [0.15, 0.2) is 5.11 Å². The number of carbonyl (C=O) groups excluding carboxylic acids is 1. The van der Waals surface area contributed by atoms with E-state index in [1.807, 2.05) is 53.6 Å². The monoisotopic (exact) mass is 616 g/mol. The standard InChI is InChI=1S/C31H32N6O6S/c1-18-14-22(19(2)35(18)25-16-21(37(39)40)10-12-27(25)43-5)30-29(23-8-6-7-13-32-23)34-31(44)36(30)20-9-11-26(42-4)24(15-20)33-28(38)17-41-3/h6-16,29-30H,17H2,1-5H3,(H,33,38)(H,34,44)/t29-,30+/m1/s1. The first-order valence-electron chi connectivity index (χ1n) is 13.7. The maximum Gasteiger partial charge on any atom is 0.271 e. The molecule has 0 bridgehead atoms. The van der Waals surface area contributed by atoms with Crippen molar-refractivity contribution in [3.63, 3.8) is 0 Å². The average Bonchev–Trinajstić information content (AvgIpc) is 3.51. The van der Waals surface area contributed by atoms with E-state index in [0.717, 1.165) is 22.6 Å². The lowest BCUT2D eigenvalue weighted by molar-refractivity contribution is -0.384. The Bertz CT molecular complexity index is 1730. The van der Waals surface area contributed by atoms with Crippen LogP contribution in [0.15, 0.2) is 66.9 Å². The first-order valence-corrected chi connectivity index (χ1v) is 14.1. The fourth-order valence-electron chi connectivity index (χ4n) is 5.63. The number of aryl methyl sites for hydroxylation is 1. The van der Waals surface area contributed by atoms with Gasteiger partial charge in [0.2, 0.25) is 5.91 Å². The third-order valence-electron chi connectivity index (χ3n) is 7.51. The molecular formula is C31H32N6O6S. The Morgan fingerprint density at radius 2 is 1.82 bits per heavy atom. The highest BCUT2D eigenvalue weighted by molar-refractivity contribution is 7.80. The number of rotatable bonds is 10. The summed E-state index contributed by atoms with van der Waals surface area (Å²) in [5.41, 5.74) is 5.04. The van der Waals surface area contributed by atoms with Crippen LogP contribution in [0, 0.1) is 24.0 Å². The van der Waals surface area contributed by atoms with Gasteiger partial charge in [-0.3, -0.25) is 19.9 Å². The van der Waals surface area contributed by atoms with Crippen molar-refractivity contribution in [3.8, 4) is 17.2 Å². The SMILES string of the molecule is COCC(=O)Nc1cc(N2C(=S)N[C@H](c3ccccn3)[C@@H]2c2cc(C)n(-c3cc([N+](=O)[O-])ccc3OC)c2C)ccc1OC. The molecule has 0 aliphatic carbocycles. The second-order valence-electron chi connectivity index (χ2n) is 10.1. The Morgan fingerprint density at radius 1 is 1.07 bits per heavy atom. The number of pyridine rings is 1. The van der Waals surface area contributed by atoms with Gasteiger partial charge in [-0.15, -0.1) is 0 Å². The van der Waals surface area contributed by atoms with Gasteiger partial charge in [-0.1, -0.05) is 6.07 Å². The molecule has 228 valence electrons. The van der Waals surface area contributed by atoms with Gasteiger partial charge in [0, 0.05) is 42.5 Å². The number of amides is 1. The normalized spacial score (nSPS) is 16.0. The smallest absolute Gasteiger partial charge is 0.271 e. The van der Waals surface area contributed by atoms with Crippen molar-refractivity contribution in [1.82, 2.24) is 14.9 Å². The molecule has 0 radical (unpaired) electrons. The summed E-state index contributed by atoms with van der Waals surface area (Å²) >= 11 is 5.92. The van der Waals surface area contributed by atoms with Crippen molar-refractivity contribution in [2.24, 2.45) is 0 Å². The number of methoxy groups -OCH3 is 3. The van der Waals surface area contributed by atoms with Crippen molar-refractivity contribution in [1.29, 1.82) is 0 Å². The molecule has 12 nitrogen and oxygen atoms in total. The molecule has 44 heavy (non-hydrogen) atoms. The Morgan fingerprint density at radius 3 is 2.48 bits per heavy atom. The molecule has 0 unspecified atom stereocenters. The Hall–Kier alpha value is -5.01. The number of aromatic nitrogens is 2. The Labute approximate surface area is 259 Å². The summed E-state index contributed by atoms with van der Waals surface area (Å²) in [6.07, 6.45) is 1.73. The number of hydrogen-bond donors (Lipinski definition) is 2. The summed E-state index contributed by atoms with van der Waals surface area (Å²) in [5.74, 6) is 0.640. The van der Waals surface area contributed by atoms with Gasteiger partial charge < -0.3 is 34.3 Å². The zero-order chi connectivity index (χ0) is 31.5. The number of nitrogens with one attached hydrogen (secondary N) is 2. The summed E-state index contributed by atoms with van der Waals surface area (Å²) < 4.78 is 18.0. The molecule has 13 heteroatoms. The molecule has 2 aromatic heterocycles. The van der Waals surface area contributed by atoms with Crippen LogP contribution in [0.25, 0.3) is 5.69 Å². The summed E-state index contributed by atoms with van der Waals surface area (Å²) in [6.45, 7) is 3.78. The number of non-ortho nitro benzene ring substituents is 1. The van der Waals surface area contributed by atoms with Crippen LogP contribution in [0.3, 0.4) is 0 Å². The van der Waals surface area contributed by atoms with Gasteiger partial charge in [0.05, 0.1) is 48.3 Å². The maximum absolute atomic E-state index is 12.4. The van der Waals surface area contributed by atoms with Crippen LogP contribution >= 0.6 is 12.2 Å². The van der Waals surface area contributed by atoms with Gasteiger partial charge in [0.25, 0.3) is 5.69 Å². The minimum absolute atomic E-state index is 0.0483. The molecule has 4 aromatic rings. The second-order valence-corrected chi connectivity index (χ2v) is 10.5. The number of hydrogen-bond acceptors (Lipinski definition) is 8. The molecule has 2 aromatic carbocycles. The Kier molecular flexibility index (Phi) is 8.78. The Balaban J connectivity index is 1.68. The number of nitro groups is 1. The fraction of sp³-hybridized carbons (Fsp3) is 0.258. The van der Waals surface area contributed by atoms with Crippen LogP contribution in [0.1, 0.15) is 34.7 Å². The van der Waals surface area contributed by atoms with Crippen LogP contribution in [0.4, 0.5) is 17.1 Å². The van der Waals surface area contributed by atoms with Gasteiger partial charge in [-0.25, -0.2) is 0 Å². The molecular weight excluding hydrogens is 584 g/mol. The van der Waals surface area contributed by atoms with Gasteiger partial charge >= 0.3 is 0 Å². The number of anilines is 2. The summed E-state index contributed by atoms with van der Waals surface area (Å²) in [5, 5.41) is 18.4. The molecule has 3 heterocycles. The van der Waals surface area contributed by atoms with E-state index < -0.39 is 11.0 Å². The minimum Gasteiger partial charge on any atom is -0.495 e. The quantitative estimate of drug-likeness (QED) is 0.140. The lowest BCUT2D eigenvalue weighted by Crippen LogP contribution is -2.29. The molecule has 5 rings (SSSR count). The van der Waals surface area contributed by atoms with E-state index in [4.69, 9.17) is 26.4 Å². The first kappa shape index (κ1) is 30.4. The summed E-state index contributed by atoms with van der Waals surface area (Å²) in [6, 6.07) is 17.0. The molecule has 1 amide bonds. The topological polar surface area (TPSA) is 133 Å². The number of nitrogens with zero attached hydrogens (tertiary/aromatic N) is 4. The second kappa shape index (κ2) is 12.7. The van der Waals surface area contributed by atoms with Crippen molar-refractivity contribution >= 4 is 40.3 Å². The van der Waals surface area contributed by atoms with Gasteiger partial charge in [0.1, 0.15) is 18.1 Å². The van der Waals surface area contributed by atoms with Crippen LogP contribution in [0.5, 0.6) is 11.5 Å². The van der Waals surface area contributed by atoms with Crippen molar-refractivity contribution in [2.45, 2.75) is 25.9 Å². The highest BCUT2D eigenvalue weighted by Crippen LogP contribution is 2.45. The number of carbonyl (C=O) groups is 1. The van der Waals surface area contributed by atoms with Gasteiger partial charge in [-0.2, -0.15) is 0 Å². The van der Waals surface area contributed by atoms with Crippen LogP contribution in [0.2, 0.25) is 0 Å². The van der Waals surface area contributed by atoms with Crippen molar-refractivity contribution in [3.05, 3.63) is 99.6 Å². The maximum atomic E-state index is 12.4. The van der Waals surface area contributed by atoms with Crippen LogP contribution in [-0.4, -0.2) is 53.4 Å². The first-order chi connectivity index (χ1) is 21.2. The van der Waals surface area contributed by atoms with E-state index in [-0.39, 0.29) is 24.2 Å². The van der Waals surface area contributed by atoms with Crippen LogP contribution < -0.4 is 25.0 Å². The van der Waals surface area contributed by atoms with Crippen LogP contribution in [-0.2, 0) is 9.53 Å². The predicted molar refractivity (Wildman–Crippen MR) is 170 cm³/mol. The largest absolute Gasteiger partial charge is 0.495 e. The third-order valence-corrected chi connectivity index (χ3v) is 7.83. The summed E-state index contributed by atoms with van der Waals surface area (Å²) in [4.78, 5) is 30.3. The molecule has 1 aliphatic rings. The molecule has 2 N–H and O–H groups in total. The van der Waals surface area contributed by atoms with E-state index >= 15 is 0 Å². The van der Waals surface area contributed by atoms with E-state index in [9.17, 15) is 14.9 Å². The highest BCUT2D eigenvalue weighted by Gasteiger charge is 2.42. The lowest BCUT2D eigenvalue weighted by atomic mass is 9.96. The third kappa shape index (κ3) is 5.66. The molecule has 1 aliphatic heterocycles. The highest BCUT2D eigenvalue weighted by atomic mass is 32.1. The van der Waals surface area contributed by atoms with Gasteiger partial charge in [-0.05, 0) is 74.1 Å². The fourth-order valence-corrected chi connectivity index (χ4v) is 5.98. The van der Waals surface area contributed by atoms with Crippen molar-refractivity contribution in [2.75, 3.05) is 38.2 Å². The lowest BCUT2D eigenvalue weighted by Gasteiger charge is -2.29. The number of benzene rings is 2. The molecule has 1 fully saturated rings. The zero-order valence-electron chi connectivity index (χ0n) is 24.9.